The van der Waals surface area contributed by atoms with Crippen LogP contribution in [0.4, 0.5) is 0 Å². The highest BCUT2D eigenvalue weighted by Crippen LogP contribution is 2.23. The smallest absolute Gasteiger partial charge is 0.249 e. The van der Waals surface area contributed by atoms with Crippen LogP contribution in [0.25, 0.3) is 6.08 Å². The molecule has 1 aliphatic rings. The molecule has 0 bridgehead atoms. The van der Waals surface area contributed by atoms with Gasteiger partial charge in [0.1, 0.15) is 6.10 Å². The van der Waals surface area contributed by atoms with E-state index in [0.717, 1.165) is 5.56 Å². The standard InChI is InChI=1S/C11H11NO2/c12-11(13)10-9(14-10)7-6-8-4-2-1-3-5-8/h1-7,9-10H,(H2,12,13)/b7-6+/t9-,10+/m0/s1. The van der Waals surface area contributed by atoms with E-state index < -0.39 is 12.0 Å². The van der Waals surface area contributed by atoms with Crippen LogP contribution < -0.4 is 5.73 Å². The van der Waals surface area contributed by atoms with E-state index in [4.69, 9.17) is 10.5 Å². The van der Waals surface area contributed by atoms with Crippen molar-refractivity contribution in [3.05, 3.63) is 42.0 Å². The van der Waals surface area contributed by atoms with Crippen LogP contribution in [0.1, 0.15) is 5.56 Å². The van der Waals surface area contributed by atoms with Gasteiger partial charge >= 0.3 is 0 Å². The number of carbonyl (C=O) groups is 1. The summed E-state index contributed by atoms with van der Waals surface area (Å²) in [5, 5.41) is 0. The van der Waals surface area contributed by atoms with Gasteiger partial charge in [0.05, 0.1) is 0 Å². The Morgan fingerprint density at radius 1 is 1.36 bits per heavy atom. The lowest BCUT2D eigenvalue weighted by Crippen LogP contribution is -2.19. The fraction of sp³-hybridized carbons (Fsp3) is 0.182. The Bertz CT molecular complexity index is 359. The van der Waals surface area contributed by atoms with Crippen molar-refractivity contribution in [1.82, 2.24) is 0 Å². The highest BCUT2D eigenvalue weighted by Gasteiger charge is 2.41. The van der Waals surface area contributed by atoms with Crippen molar-refractivity contribution in [2.24, 2.45) is 5.73 Å². The van der Waals surface area contributed by atoms with E-state index >= 15 is 0 Å². The fourth-order valence-electron chi connectivity index (χ4n) is 1.27. The second-order valence-electron chi connectivity index (χ2n) is 3.19. The molecule has 14 heavy (non-hydrogen) atoms. The lowest BCUT2D eigenvalue weighted by Gasteiger charge is -1.89. The first-order valence-electron chi connectivity index (χ1n) is 4.45. The summed E-state index contributed by atoms with van der Waals surface area (Å²) >= 11 is 0. The lowest BCUT2D eigenvalue weighted by atomic mass is 10.2. The Morgan fingerprint density at radius 2 is 2.07 bits per heavy atom. The molecule has 2 atom stereocenters. The van der Waals surface area contributed by atoms with E-state index in [1.54, 1.807) is 0 Å². The largest absolute Gasteiger partial charge is 0.367 e. The van der Waals surface area contributed by atoms with Gasteiger partial charge in [0.15, 0.2) is 6.10 Å². The number of primary amides is 1. The summed E-state index contributed by atoms with van der Waals surface area (Å²) in [7, 11) is 0. The summed E-state index contributed by atoms with van der Waals surface area (Å²) in [6.45, 7) is 0. The number of epoxide rings is 1. The minimum absolute atomic E-state index is 0.132. The molecule has 0 unspecified atom stereocenters. The molecule has 1 aliphatic heterocycles. The molecule has 1 saturated heterocycles. The van der Waals surface area contributed by atoms with Gasteiger partial charge in [-0.15, -0.1) is 0 Å². The van der Waals surface area contributed by atoms with Crippen molar-refractivity contribution in [2.45, 2.75) is 12.2 Å². The Morgan fingerprint density at radius 3 is 2.64 bits per heavy atom. The van der Waals surface area contributed by atoms with Gasteiger partial charge < -0.3 is 10.5 Å². The maximum Gasteiger partial charge on any atom is 0.249 e. The van der Waals surface area contributed by atoms with Crippen molar-refractivity contribution in [3.8, 4) is 0 Å². The van der Waals surface area contributed by atoms with Gasteiger partial charge in [-0.1, -0.05) is 42.5 Å². The topological polar surface area (TPSA) is 55.6 Å². The van der Waals surface area contributed by atoms with Crippen molar-refractivity contribution in [1.29, 1.82) is 0 Å². The Hall–Kier alpha value is -1.61. The number of benzene rings is 1. The zero-order chi connectivity index (χ0) is 9.97. The lowest BCUT2D eigenvalue weighted by molar-refractivity contribution is -0.119. The monoisotopic (exact) mass is 189 g/mol. The van der Waals surface area contributed by atoms with Crippen LogP contribution in [-0.4, -0.2) is 18.1 Å². The van der Waals surface area contributed by atoms with Crippen LogP contribution in [0.5, 0.6) is 0 Å². The number of amides is 1. The molecule has 1 heterocycles. The second kappa shape index (κ2) is 3.64. The Kier molecular flexibility index (Phi) is 2.33. The zero-order valence-corrected chi connectivity index (χ0v) is 7.59. The third-order valence-corrected chi connectivity index (χ3v) is 2.08. The molecule has 0 spiro atoms. The molecule has 72 valence electrons. The molecule has 0 radical (unpaired) electrons. The van der Waals surface area contributed by atoms with Gasteiger partial charge in [0.25, 0.3) is 0 Å². The predicted molar refractivity (Wildman–Crippen MR) is 53.3 cm³/mol. The first-order valence-corrected chi connectivity index (χ1v) is 4.45. The third-order valence-electron chi connectivity index (χ3n) is 2.08. The van der Waals surface area contributed by atoms with Crippen molar-refractivity contribution < 1.29 is 9.53 Å². The summed E-state index contributed by atoms with van der Waals surface area (Å²) in [4.78, 5) is 10.6. The van der Waals surface area contributed by atoms with Crippen molar-refractivity contribution in [2.75, 3.05) is 0 Å². The van der Waals surface area contributed by atoms with Crippen LogP contribution in [0.3, 0.4) is 0 Å². The summed E-state index contributed by atoms with van der Waals surface area (Å²) in [6.07, 6.45) is 3.22. The average molecular weight is 189 g/mol. The summed E-state index contributed by atoms with van der Waals surface area (Å²) in [5.74, 6) is -0.396. The minimum Gasteiger partial charge on any atom is -0.367 e. The number of rotatable bonds is 3. The van der Waals surface area contributed by atoms with Crippen molar-refractivity contribution in [3.63, 3.8) is 0 Å². The van der Waals surface area contributed by atoms with Crippen LogP contribution in [0, 0.1) is 0 Å². The van der Waals surface area contributed by atoms with E-state index in [2.05, 4.69) is 0 Å². The molecular weight excluding hydrogens is 178 g/mol. The molecule has 2 rings (SSSR count). The SMILES string of the molecule is NC(=O)[C@@H]1O[C@H]1/C=C/c1ccccc1. The molecular formula is C11H11NO2. The van der Waals surface area contributed by atoms with E-state index in [9.17, 15) is 4.79 Å². The van der Waals surface area contributed by atoms with Gasteiger partial charge in [0, 0.05) is 0 Å². The predicted octanol–water partition coefficient (Wildman–Crippen LogP) is 0.952. The van der Waals surface area contributed by atoms with E-state index in [0.29, 0.717) is 0 Å². The third kappa shape index (κ3) is 2.00. The minimum atomic E-state index is -0.421. The van der Waals surface area contributed by atoms with Crippen molar-refractivity contribution >= 4 is 12.0 Å². The van der Waals surface area contributed by atoms with Gasteiger partial charge in [-0.25, -0.2) is 0 Å². The molecule has 3 nitrogen and oxygen atoms in total. The fourth-order valence-corrected chi connectivity index (χ4v) is 1.27. The van der Waals surface area contributed by atoms with E-state index in [1.807, 2.05) is 42.5 Å². The number of hydrogen-bond acceptors (Lipinski definition) is 2. The molecule has 0 aliphatic carbocycles. The van der Waals surface area contributed by atoms with E-state index in [-0.39, 0.29) is 6.10 Å². The number of ether oxygens (including phenoxy) is 1. The van der Waals surface area contributed by atoms with Crippen LogP contribution in [0.2, 0.25) is 0 Å². The van der Waals surface area contributed by atoms with Gasteiger partial charge in [-0.2, -0.15) is 0 Å². The Balaban J connectivity index is 1.94. The second-order valence-corrected chi connectivity index (χ2v) is 3.19. The average Bonchev–Trinajstić information content (AvgIpc) is 2.96. The number of nitrogens with two attached hydrogens (primary N) is 1. The van der Waals surface area contributed by atoms with Crippen LogP contribution >= 0.6 is 0 Å². The highest BCUT2D eigenvalue weighted by atomic mass is 16.6. The summed E-state index contributed by atoms with van der Waals surface area (Å²) in [6, 6.07) is 9.84. The summed E-state index contributed by atoms with van der Waals surface area (Å²) < 4.78 is 5.04. The maximum absolute atomic E-state index is 10.6. The van der Waals surface area contributed by atoms with Gasteiger partial charge in [-0.3, -0.25) is 4.79 Å². The quantitative estimate of drug-likeness (QED) is 0.720. The zero-order valence-electron chi connectivity index (χ0n) is 7.59. The maximum atomic E-state index is 10.6. The molecule has 1 aromatic carbocycles. The molecule has 1 aromatic rings. The van der Waals surface area contributed by atoms with E-state index in [1.165, 1.54) is 0 Å². The number of carbonyl (C=O) groups excluding carboxylic acids is 1. The molecule has 1 amide bonds. The van der Waals surface area contributed by atoms with Gasteiger partial charge in [-0.05, 0) is 5.56 Å². The highest BCUT2D eigenvalue weighted by molar-refractivity contribution is 5.82. The van der Waals surface area contributed by atoms with Crippen LogP contribution in [-0.2, 0) is 9.53 Å². The molecule has 0 saturated carbocycles. The van der Waals surface area contributed by atoms with Gasteiger partial charge in [0.2, 0.25) is 5.91 Å². The molecule has 2 N–H and O–H groups in total. The van der Waals surface area contributed by atoms with Crippen LogP contribution in [0.15, 0.2) is 36.4 Å². The molecule has 3 heteroatoms. The first-order chi connectivity index (χ1) is 6.77. The first kappa shape index (κ1) is 8.97. The molecule has 1 fully saturated rings. The summed E-state index contributed by atoms with van der Waals surface area (Å²) in [5.41, 5.74) is 6.15. The normalized spacial score (nSPS) is 25.1. The number of hydrogen-bond donors (Lipinski definition) is 1. The Labute approximate surface area is 82.2 Å². The molecule has 0 aromatic heterocycles.